The lowest BCUT2D eigenvalue weighted by Crippen LogP contribution is -2.32. The van der Waals surface area contributed by atoms with E-state index in [0.717, 1.165) is 25.9 Å². The van der Waals surface area contributed by atoms with E-state index in [9.17, 15) is 4.79 Å². The molecule has 0 aromatic heterocycles. The molecule has 1 N–H and O–H groups in total. The topological polar surface area (TPSA) is 38.3 Å². The summed E-state index contributed by atoms with van der Waals surface area (Å²) in [7, 11) is 1.45. The number of halogens is 1. The third-order valence-corrected chi connectivity index (χ3v) is 1.87. The molecule has 0 amide bonds. The molecule has 1 aliphatic rings. The maximum atomic E-state index is 10.9. The van der Waals surface area contributed by atoms with Crippen molar-refractivity contribution in [3.8, 4) is 0 Å². The summed E-state index contributed by atoms with van der Waals surface area (Å²) in [5.74, 6) is 0.0905. The monoisotopic (exact) mass is 182 g/mol. The Morgan fingerprint density at radius 1 is 1.45 bits per heavy atom. The molecular formula is C7H14ClNO2. The van der Waals surface area contributed by atoms with Crippen LogP contribution in [0.4, 0.5) is 0 Å². The van der Waals surface area contributed by atoms with Crippen molar-refractivity contribution in [3.63, 3.8) is 0 Å². The highest BCUT2D eigenvalue weighted by molar-refractivity contribution is 5.85. The smallest absolute Gasteiger partial charge is 0.308 e. The van der Waals surface area contributed by atoms with Crippen LogP contribution in [0.15, 0.2) is 0 Å². The third-order valence-electron chi connectivity index (χ3n) is 1.87. The quantitative estimate of drug-likeness (QED) is 0.476. The molecule has 1 rings (SSSR count). The van der Waals surface area contributed by atoms with Crippen molar-refractivity contribution in [2.45, 2.75) is 12.8 Å². The summed E-state index contributed by atoms with van der Waals surface area (Å²) in [6, 6.07) is 0. The molecule has 3 nitrogen and oxygen atoms in total. The molecule has 66 valence electrons. The summed E-state index contributed by atoms with van der Waals surface area (Å²) in [4.78, 5) is 10.9. The molecule has 0 unspecified atom stereocenters. The molecule has 1 fully saturated rings. The van der Waals surface area contributed by atoms with E-state index in [0.29, 0.717) is 0 Å². The fraction of sp³-hybridized carbons (Fsp3) is 0.857. The van der Waals surface area contributed by atoms with E-state index in [-0.39, 0.29) is 24.3 Å². The van der Waals surface area contributed by atoms with E-state index in [1.807, 2.05) is 0 Å². The zero-order valence-electron chi connectivity index (χ0n) is 6.63. The number of carbonyl (C=O) groups excluding carboxylic acids is 1. The third kappa shape index (κ3) is 3.08. The van der Waals surface area contributed by atoms with Crippen molar-refractivity contribution in [3.05, 3.63) is 0 Å². The molecule has 1 heterocycles. The predicted molar refractivity (Wildman–Crippen MR) is 44.9 cm³/mol. The van der Waals surface area contributed by atoms with Gasteiger partial charge in [0, 0.05) is 0 Å². The number of rotatable bonds is 1. The van der Waals surface area contributed by atoms with E-state index < -0.39 is 0 Å². The first kappa shape index (κ1) is 10.7. The highest BCUT2D eigenvalue weighted by Gasteiger charge is 2.20. The maximum absolute atomic E-state index is 10.9. The van der Waals surface area contributed by atoms with E-state index >= 15 is 0 Å². The number of ether oxygens (including phenoxy) is 1. The normalized spacial score (nSPS) is 18.6. The molecule has 0 aliphatic carbocycles. The zero-order valence-corrected chi connectivity index (χ0v) is 7.45. The molecule has 0 bridgehead atoms. The van der Waals surface area contributed by atoms with Gasteiger partial charge in [0.1, 0.15) is 0 Å². The van der Waals surface area contributed by atoms with Crippen LogP contribution >= 0.6 is 12.4 Å². The second-order valence-corrected chi connectivity index (χ2v) is 2.55. The fourth-order valence-corrected chi connectivity index (χ4v) is 1.22. The predicted octanol–water partition coefficient (Wildman–Crippen LogP) is 0.581. The summed E-state index contributed by atoms with van der Waals surface area (Å²) in [6.45, 7) is 1.89. The Hall–Kier alpha value is -0.280. The van der Waals surface area contributed by atoms with E-state index in [1.165, 1.54) is 7.11 Å². The van der Waals surface area contributed by atoms with Gasteiger partial charge in [0.15, 0.2) is 0 Å². The molecular weight excluding hydrogens is 169 g/mol. The standard InChI is InChI=1S/C7H13NO2.ClH/c1-10-7(9)6-2-4-8-5-3-6;/h6,8H,2-5H2,1H3;1H/i4+1,5+1,7+1;. The minimum atomic E-state index is -0.0542. The molecule has 0 spiro atoms. The summed E-state index contributed by atoms with van der Waals surface area (Å²) >= 11 is 0. The van der Waals surface area contributed by atoms with Crippen LogP contribution in [0.1, 0.15) is 12.8 Å². The first-order valence-corrected chi connectivity index (χ1v) is 3.63. The molecule has 11 heavy (non-hydrogen) atoms. The van der Waals surface area contributed by atoms with Crippen LogP contribution in [-0.2, 0) is 9.53 Å². The molecule has 1 aliphatic heterocycles. The van der Waals surface area contributed by atoms with E-state index in [2.05, 4.69) is 10.1 Å². The number of hydrogen-bond donors (Lipinski definition) is 1. The SMILES string of the molecule is CO[13C](=O)C1C[13CH2]N[13CH2]C1.Cl. The van der Waals surface area contributed by atoms with Gasteiger partial charge in [0.05, 0.1) is 13.0 Å². The van der Waals surface area contributed by atoms with Gasteiger partial charge in [-0.1, -0.05) is 0 Å². The van der Waals surface area contributed by atoms with E-state index in [1.54, 1.807) is 0 Å². The minimum Gasteiger partial charge on any atom is -0.469 e. The number of piperidine rings is 1. The van der Waals surface area contributed by atoms with Gasteiger partial charge in [0.25, 0.3) is 0 Å². The Morgan fingerprint density at radius 3 is 2.45 bits per heavy atom. The zero-order chi connectivity index (χ0) is 7.40. The Morgan fingerprint density at radius 2 is 2.00 bits per heavy atom. The molecule has 0 aromatic rings. The lowest BCUT2D eigenvalue weighted by Gasteiger charge is -2.19. The summed E-state index contributed by atoms with van der Waals surface area (Å²) in [6.07, 6.45) is 1.85. The average molecular weight is 183 g/mol. The van der Waals surface area contributed by atoms with Crippen LogP contribution < -0.4 is 5.32 Å². The Labute approximate surface area is 72.9 Å². The summed E-state index contributed by atoms with van der Waals surface area (Å²) in [5.41, 5.74) is 0. The molecule has 0 radical (unpaired) electrons. The van der Waals surface area contributed by atoms with Crippen LogP contribution in [0, 0.1) is 5.92 Å². The van der Waals surface area contributed by atoms with Crippen LogP contribution in [-0.4, -0.2) is 26.2 Å². The van der Waals surface area contributed by atoms with Crippen molar-refractivity contribution >= 4 is 18.4 Å². The Kier molecular flexibility index (Phi) is 5.24. The van der Waals surface area contributed by atoms with Gasteiger partial charge in [0.2, 0.25) is 0 Å². The van der Waals surface area contributed by atoms with Gasteiger partial charge in [-0.2, -0.15) is 0 Å². The first-order chi connectivity index (χ1) is 4.84. The molecule has 4 heteroatoms. The number of esters is 1. The molecule has 1 saturated heterocycles. The van der Waals surface area contributed by atoms with Gasteiger partial charge in [-0.05, 0) is 25.9 Å². The second kappa shape index (κ2) is 5.38. The maximum Gasteiger partial charge on any atom is 0.308 e. The van der Waals surface area contributed by atoms with Crippen molar-refractivity contribution in [1.29, 1.82) is 0 Å². The van der Waals surface area contributed by atoms with Crippen molar-refractivity contribution < 1.29 is 9.53 Å². The summed E-state index contributed by atoms with van der Waals surface area (Å²) in [5, 5.41) is 3.19. The van der Waals surface area contributed by atoms with Gasteiger partial charge in [-0.15, -0.1) is 12.4 Å². The Bertz CT molecular complexity index is 124. The number of methoxy groups -OCH3 is 1. The van der Waals surface area contributed by atoms with E-state index in [4.69, 9.17) is 0 Å². The van der Waals surface area contributed by atoms with Crippen LogP contribution in [0.25, 0.3) is 0 Å². The van der Waals surface area contributed by atoms with Crippen LogP contribution in [0.2, 0.25) is 0 Å². The largest absolute Gasteiger partial charge is 0.469 e. The lowest BCUT2D eigenvalue weighted by atomic mass is 10.2. The van der Waals surface area contributed by atoms with Gasteiger partial charge >= 0.3 is 5.97 Å². The second-order valence-electron chi connectivity index (χ2n) is 2.55. The Balaban J connectivity index is 0.000001000. The average Bonchev–Trinajstić information content (AvgIpc) is 2.05. The van der Waals surface area contributed by atoms with Crippen LogP contribution in [0.3, 0.4) is 0 Å². The molecule has 0 saturated carbocycles. The molecule has 0 atom stereocenters. The highest BCUT2D eigenvalue weighted by atomic mass is 35.5. The highest BCUT2D eigenvalue weighted by Crippen LogP contribution is 2.12. The van der Waals surface area contributed by atoms with Crippen molar-refractivity contribution in [2.75, 3.05) is 20.2 Å². The van der Waals surface area contributed by atoms with Gasteiger partial charge < -0.3 is 10.1 Å². The summed E-state index contributed by atoms with van der Waals surface area (Å²) < 4.78 is 4.62. The van der Waals surface area contributed by atoms with Crippen molar-refractivity contribution in [2.24, 2.45) is 5.92 Å². The lowest BCUT2D eigenvalue weighted by molar-refractivity contribution is -0.146. The van der Waals surface area contributed by atoms with Gasteiger partial charge in [-0.25, -0.2) is 0 Å². The fourth-order valence-electron chi connectivity index (χ4n) is 1.22. The van der Waals surface area contributed by atoms with Crippen LogP contribution in [0.5, 0.6) is 0 Å². The van der Waals surface area contributed by atoms with Gasteiger partial charge in [-0.3, -0.25) is 4.79 Å². The number of hydrogen-bond acceptors (Lipinski definition) is 3. The number of carbonyl (C=O) groups is 1. The minimum absolute atomic E-state index is 0. The van der Waals surface area contributed by atoms with Crippen molar-refractivity contribution in [1.82, 2.24) is 5.32 Å². The first-order valence-electron chi connectivity index (χ1n) is 3.63. The molecule has 0 aromatic carbocycles. The number of nitrogens with one attached hydrogen (secondary N) is 1.